The molecule has 0 heterocycles. The number of hydrogen-bond donors (Lipinski definition) is 1. The Balaban J connectivity index is 2.70. The average Bonchev–Trinajstić information content (AvgIpc) is 2.14. The smallest absolute Gasteiger partial charge is 0.269 e. The molecule has 0 aromatic heterocycles. The van der Waals surface area contributed by atoms with Crippen molar-refractivity contribution in [3.8, 4) is 0 Å². The van der Waals surface area contributed by atoms with Gasteiger partial charge in [-0.15, -0.1) is 0 Å². The fourth-order valence-corrected chi connectivity index (χ4v) is 1.29. The molecule has 1 aromatic carbocycles. The van der Waals surface area contributed by atoms with Crippen LogP contribution in [0.15, 0.2) is 24.3 Å². The van der Waals surface area contributed by atoms with Crippen LogP contribution in [0.25, 0.3) is 0 Å². The van der Waals surface area contributed by atoms with Crippen molar-refractivity contribution in [2.24, 2.45) is 5.73 Å². The summed E-state index contributed by atoms with van der Waals surface area (Å²) in [5, 5.41) is 10.5. The Morgan fingerprint density at radius 2 is 2.13 bits per heavy atom. The van der Waals surface area contributed by atoms with Crippen molar-refractivity contribution in [3.05, 3.63) is 39.9 Å². The zero-order valence-corrected chi connectivity index (χ0v) is 9.06. The number of rotatable bonds is 4. The summed E-state index contributed by atoms with van der Waals surface area (Å²) in [5.41, 5.74) is 6.72. The van der Waals surface area contributed by atoms with Crippen LogP contribution in [0.1, 0.15) is 25.8 Å². The summed E-state index contributed by atoms with van der Waals surface area (Å²) < 4.78 is 0. The van der Waals surface area contributed by atoms with Gasteiger partial charge in [-0.1, -0.05) is 12.1 Å². The molecule has 4 nitrogen and oxygen atoms in total. The van der Waals surface area contributed by atoms with E-state index in [-0.39, 0.29) is 16.1 Å². The van der Waals surface area contributed by atoms with Crippen LogP contribution in [-0.4, -0.2) is 10.5 Å². The minimum atomic E-state index is -0.378. The number of hydrogen-bond acceptors (Lipinski definition) is 3. The zero-order valence-electron chi connectivity index (χ0n) is 9.06. The Morgan fingerprint density at radius 3 is 2.67 bits per heavy atom. The van der Waals surface area contributed by atoms with Gasteiger partial charge in [0, 0.05) is 17.7 Å². The average molecular weight is 208 g/mol. The molecule has 4 heteroatoms. The molecular formula is C11H16N2O2. The van der Waals surface area contributed by atoms with Crippen LogP contribution in [-0.2, 0) is 6.42 Å². The molecule has 15 heavy (non-hydrogen) atoms. The Hall–Kier alpha value is -1.42. The normalized spacial score (nSPS) is 11.4. The van der Waals surface area contributed by atoms with E-state index in [0.717, 1.165) is 18.4 Å². The van der Waals surface area contributed by atoms with E-state index in [1.54, 1.807) is 12.1 Å². The fourth-order valence-electron chi connectivity index (χ4n) is 1.29. The summed E-state index contributed by atoms with van der Waals surface area (Å²) >= 11 is 0. The van der Waals surface area contributed by atoms with Crippen molar-refractivity contribution < 1.29 is 4.92 Å². The number of nitro groups is 1. The number of benzene rings is 1. The SMILES string of the molecule is CC(C)(N)CCc1cccc([N+](=O)[O-])c1. The van der Waals surface area contributed by atoms with Gasteiger partial charge >= 0.3 is 0 Å². The Morgan fingerprint density at radius 1 is 1.47 bits per heavy atom. The molecule has 0 aliphatic rings. The van der Waals surface area contributed by atoms with Gasteiger partial charge in [-0.2, -0.15) is 0 Å². The monoisotopic (exact) mass is 208 g/mol. The summed E-state index contributed by atoms with van der Waals surface area (Å²) in [4.78, 5) is 10.2. The highest BCUT2D eigenvalue weighted by atomic mass is 16.6. The lowest BCUT2D eigenvalue weighted by Crippen LogP contribution is -2.32. The van der Waals surface area contributed by atoms with E-state index in [0.29, 0.717) is 0 Å². The van der Waals surface area contributed by atoms with Crippen LogP contribution in [0, 0.1) is 10.1 Å². The molecule has 0 aliphatic carbocycles. The lowest BCUT2D eigenvalue weighted by molar-refractivity contribution is -0.384. The predicted octanol–water partition coefficient (Wildman–Crippen LogP) is 2.26. The Labute approximate surface area is 89.2 Å². The molecular weight excluding hydrogens is 192 g/mol. The molecule has 0 atom stereocenters. The maximum Gasteiger partial charge on any atom is 0.269 e. The number of nitrogens with two attached hydrogens (primary N) is 1. The highest BCUT2D eigenvalue weighted by Gasteiger charge is 2.11. The topological polar surface area (TPSA) is 69.2 Å². The second-order valence-electron chi connectivity index (χ2n) is 4.42. The van der Waals surface area contributed by atoms with Crippen LogP contribution in [0.4, 0.5) is 5.69 Å². The largest absolute Gasteiger partial charge is 0.326 e. The number of aryl methyl sites for hydroxylation is 1. The van der Waals surface area contributed by atoms with E-state index in [1.165, 1.54) is 6.07 Å². The maximum atomic E-state index is 10.5. The number of nitro benzene ring substituents is 1. The molecule has 0 spiro atoms. The van der Waals surface area contributed by atoms with Gasteiger partial charge in [0.25, 0.3) is 5.69 Å². The van der Waals surface area contributed by atoms with E-state index >= 15 is 0 Å². The molecule has 0 saturated heterocycles. The van der Waals surface area contributed by atoms with Crippen LogP contribution in [0.3, 0.4) is 0 Å². The van der Waals surface area contributed by atoms with E-state index in [4.69, 9.17) is 5.73 Å². The quantitative estimate of drug-likeness (QED) is 0.609. The van der Waals surface area contributed by atoms with Gasteiger partial charge in [0.15, 0.2) is 0 Å². The van der Waals surface area contributed by atoms with Crippen LogP contribution in [0.5, 0.6) is 0 Å². The minimum Gasteiger partial charge on any atom is -0.326 e. The number of nitrogens with zero attached hydrogens (tertiary/aromatic N) is 1. The van der Waals surface area contributed by atoms with Crippen LogP contribution < -0.4 is 5.73 Å². The van der Waals surface area contributed by atoms with Crippen molar-refractivity contribution in [3.63, 3.8) is 0 Å². The van der Waals surface area contributed by atoms with Gasteiger partial charge in [0.1, 0.15) is 0 Å². The van der Waals surface area contributed by atoms with Crippen molar-refractivity contribution in [1.29, 1.82) is 0 Å². The van der Waals surface area contributed by atoms with Gasteiger partial charge in [0.05, 0.1) is 4.92 Å². The van der Waals surface area contributed by atoms with Gasteiger partial charge < -0.3 is 5.73 Å². The summed E-state index contributed by atoms with van der Waals surface area (Å²) in [6.45, 7) is 3.90. The highest BCUT2D eigenvalue weighted by Crippen LogP contribution is 2.16. The van der Waals surface area contributed by atoms with Gasteiger partial charge in [-0.3, -0.25) is 10.1 Å². The van der Waals surface area contributed by atoms with Crippen molar-refractivity contribution in [2.75, 3.05) is 0 Å². The van der Waals surface area contributed by atoms with Crippen molar-refractivity contribution in [1.82, 2.24) is 0 Å². The lowest BCUT2D eigenvalue weighted by atomic mass is 9.96. The first-order chi connectivity index (χ1) is 6.88. The van der Waals surface area contributed by atoms with Crippen molar-refractivity contribution in [2.45, 2.75) is 32.2 Å². The first kappa shape index (κ1) is 11.7. The molecule has 2 N–H and O–H groups in total. The highest BCUT2D eigenvalue weighted by molar-refractivity contribution is 5.34. The summed E-state index contributed by atoms with van der Waals surface area (Å²) in [5.74, 6) is 0. The third-order valence-corrected chi connectivity index (χ3v) is 2.18. The van der Waals surface area contributed by atoms with Crippen molar-refractivity contribution >= 4 is 5.69 Å². The number of non-ortho nitro benzene ring substituents is 1. The molecule has 0 fully saturated rings. The maximum absolute atomic E-state index is 10.5. The molecule has 0 aliphatic heterocycles. The molecule has 1 rings (SSSR count). The summed E-state index contributed by atoms with van der Waals surface area (Å²) in [6, 6.07) is 6.69. The summed E-state index contributed by atoms with van der Waals surface area (Å²) in [6.07, 6.45) is 1.58. The van der Waals surface area contributed by atoms with Gasteiger partial charge in [-0.25, -0.2) is 0 Å². The minimum absolute atomic E-state index is 0.141. The molecule has 0 saturated carbocycles. The zero-order chi connectivity index (χ0) is 11.5. The Kier molecular flexibility index (Phi) is 3.42. The standard InChI is InChI=1S/C11H16N2O2/c1-11(2,12)7-6-9-4-3-5-10(8-9)13(14)15/h3-5,8H,6-7,12H2,1-2H3. The van der Waals surface area contributed by atoms with Gasteiger partial charge in [-0.05, 0) is 32.3 Å². The van der Waals surface area contributed by atoms with E-state index in [9.17, 15) is 10.1 Å². The van der Waals surface area contributed by atoms with E-state index in [1.807, 2.05) is 19.9 Å². The molecule has 0 amide bonds. The third kappa shape index (κ3) is 4.08. The first-order valence-corrected chi connectivity index (χ1v) is 4.91. The Bertz CT molecular complexity index is 356. The molecule has 0 unspecified atom stereocenters. The van der Waals surface area contributed by atoms with Gasteiger partial charge in [0.2, 0.25) is 0 Å². The second kappa shape index (κ2) is 4.40. The fraction of sp³-hybridized carbons (Fsp3) is 0.455. The summed E-state index contributed by atoms with van der Waals surface area (Å²) in [7, 11) is 0. The van der Waals surface area contributed by atoms with E-state index < -0.39 is 0 Å². The predicted molar refractivity (Wildman–Crippen MR) is 59.7 cm³/mol. The van der Waals surface area contributed by atoms with Crippen LogP contribution >= 0.6 is 0 Å². The first-order valence-electron chi connectivity index (χ1n) is 4.91. The molecule has 1 aromatic rings. The lowest BCUT2D eigenvalue weighted by Gasteiger charge is -2.17. The second-order valence-corrected chi connectivity index (χ2v) is 4.42. The van der Waals surface area contributed by atoms with Crippen LogP contribution in [0.2, 0.25) is 0 Å². The molecule has 82 valence electrons. The molecule has 0 bridgehead atoms. The van der Waals surface area contributed by atoms with E-state index in [2.05, 4.69) is 0 Å². The third-order valence-electron chi connectivity index (χ3n) is 2.18. The molecule has 0 radical (unpaired) electrons.